The summed E-state index contributed by atoms with van der Waals surface area (Å²) in [6.07, 6.45) is 9.52. The Kier molecular flexibility index (Phi) is 5.09. The molecule has 1 aromatic carbocycles. The molecule has 1 aliphatic carbocycles. The van der Waals surface area contributed by atoms with Gasteiger partial charge in [-0.3, -0.25) is 0 Å². The van der Waals surface area contributed by atoms with Crippen molar-refractivity contribution >= 4 is 15.9 Å². The van der Waals surface area contributed by atoms with E-state index in [-0.39, 0.29) is 0 Å². The van der Waals surface area contributed by atoms with Gasteiger partial charge in [-0.05, 0) is 29.9 Å². The third-order valence-corrected chi connectivity index (χ3v) is 4.80. The SMILES string of the molecule is CCCc1ccc(C(Br)CC2CCCC2)cc1. The van der Waals surface area contributed by atoms with Crippen LogP contribution in [0.4, 0.5) is 0 Å². The van der Waals surface area contributed by atoms with E-state index in [4.69, 9.17) is 0 Å². The van der Waals surface area contributed by atoms with Gasteiger partial charge < -0.3 is 0 Å². The Morgan fingerprint density at radius 2 is 1.82 bits per heavy atom. The van der Waals surface area contributed by atoms with Crippen molar-refractivity contribution in [1.82, 2.24) is 0 Å². The topological polar surface area (TPSA) is 0 Å². The Labute approximate surface area is 114 Å². The lowest BCUT2D eigenvalue weighted by Crippen LogP contribution is -1.99. The van der Waals surface area contributed by atoms with Crippen LogP contribution in [0.15, 0.2) is 24.3 Å². The Morgan fingerprint density at radius 3 is 2.41 bits per heavy atom. The highest BCUT2D eigenvalue weighted by Gasteiger charge is 2.19. The van der Waals surface area contributed by atoms with Crippen LogP contribution in [-0.2, 0) is 6.42 Å². The largest absolute Gasteiger partial charge is 0.0839 e. The van der Waals surface area contributed by atoms with Crippen LogP contribution in [0.5, 0.6) is 0 Å². The zero-order valence-electron chi connectivity index (χ0n) is 10.8. The minimum absolute atomic E-state index is 0.557. The summed E-state index contributed by atoms with van der Waals surface area (Å²) in [7, 11) is 0. The summed E-state index contributed by atoms with van der Waals surface area (Å²) in [4.78, 5) is 0.557. The van der Waals surface area contributed by atoms with Crippen molar-refractivity contribution in [2.75, 3.05) is 0 Å². The van der Waals surface area contributed by atoms with Crippen LogP contribution < -0.4 is 0 Å². The third kappa shape index (κ3) is 3.84. The molecule has 0 amide bonds. The predicted octanol–water partition coefficient (Wildman–Crippen LogP) is 5.66. The van der Waals surface area contributed by atoms with Gasteiger partial charge in [0.25, 0.3) is 0 Å². The lowest BCUT2D eigenvalue weighted by molar-refractivity contribution is 0.502. The Morgan fingerprint density at radius 1 is 1.18 bits per heavy atom. The van der Waals surface area contributed by atoms with Gasteiger partial charge in [-0.25, -0.2) is 0 Å². The van der Waals surface area contributed by atoms with E-state index in [9.17, 15) is 0 Å². The summed E-state index contributed by atoms with van der Waals surface area (Å²) in [5.74, 6) is 0.953. The van der Waals surface area contributed by atoms with Crippen LogP contribution in [0, 0.1) is 5.92 Å². The molecule has 1 heteroatoms. The van der Waals surface area contributed by atoms with E-state index in [1.54, 1.807) is 0 Å². The second kappa shape index (κ2) is 6.58. The Bertz CT molecular complexity index is 322. The summed E-state index contributed by atoms with van der Waals surface area (Å²) < 4.78 is 0. The van der Waals surface area contributed by atoms with E-state index in [1.807, 2.05) is 0 Å². The minimum Gasteiger partial charge on any atom is -0.0839 e. The highest BCUT2D eigenvalue weighted by molar-refractivity contribution is 9.09. The highest BCUT2D eigenvalue weighted by atomic mass is 79.9. The van der Waals surface area contributed by atoms with E-state index >= 15 is 0 Å². The maximum Gasteiger partial charge on any atom is 0.0397 e. The molecule has 1 fully saturated rings. The lowest BCUT2D eigenvalue weighted by Gasteiger charge is -2.15. The lowest BCUT2D eigenvalue weighted by atomic mass is 9.97. The van der Waals surface area contributed by atoms with Crippen molar-refractivity contribution in [3.63, 3.8) is 0 Å². The standard InChI is InChI=1S/C16H23Br/c1-2-5-13-8-10-15(11-9-13)16(17)12-14-6-3-4-7-14/h8-11,14,16H,2-7,12H2,1H3. The maximum absolute atomic E-state index is 3.86. The summed E-state index contributed by atoms with van der Waals surface area (Å²) in [5.41, 5.74) is 2.92. The predicted molar refractivity (Wildman–Crippen MR) is 78.7 cm³/mol. The Hall–Kier alpha value is -0.300. The second-order valence-corrected chi connectivity index (χ2v) is 6.45. The van der Waals surface area contributed by atoms with Gasteiger partial charge in [-0.1, -0.05) is 79.2 Å². The van der Waals surface area contributed by atoms with Gasteiger partial charge in [-0.15, -0.1) is 0 Å². The molecule has 1 atom stereocenters. The molecule has 0 bridgehead atoms. The molecule has 1 aromatic rings. The summed E-state index contributed by atoms with van der Waals surface area (Å²) in [6.45, 7) is 2.24. The molecule has 1 unspecified atom stereocenters. The monoisotopic (exact) mass is 294 g/mol. The van der Waals surface area contributed by atoms with Crippen molar-refractivity contribution in [3.8, 4) is 0 Å². The Balaban J connectivity index is 1.91. The minimum atomic E-state index is 0.557. The van der Waals surface area contributed by atoms with E-state index in [2.05, 4.69) is 47.1 Å². The molecule has 0 aliphatic heterocycles. The number of halogens is 1. The van der Waals surface area contributed by atoms with Crippen LogP contribution in [0.3, 0.4) is 0 Å². The first kappa shape index (κ1) is 13.1. The number of alkyl halides is 1. The van der Waals surface area contributed by atoms with Crippen molar-refractivity contribution in [1.29, 1.82) is 0 Å². The van der Waals surface area contributed by atoms with E-state index in [1.165, 1.54) is 56.1 Å². The smallest absolute Gasteiger partial charge is 0.0397 e. The van der Waals surface area contributed by atoms with Crippen molar-refractivity contribution in [2.45, 2.75) is 56.7 Å². The molecular weight excluding hydrogens is 272 g/mol. The normalized spacial score (nSPS) is 18.5. The van der Waals surface area contributed by atoms with Crippen LogP contribution in [0.25, 0.3) is 0 Å². The fourth-order valence-corrected chi connectivity index (χ4v) is 3.69. The summed E-state index contributed by atoms with van der Waals surface area (Å²) in [5, 5.41) is 0. The molecule has 0 aromatic heterocycles. The summed E-state index contributed by atoms with van der Waals surface area (Å²) >= 11 is 3.86. The first-order valence-corrected chi connectivity index (χ1v) is 7.94. The molecule has 17 heavy (non-hydrogen) atoms. The molecule has 0 spiro atoms. The molecule has 0 saturated heterocycles. The second-order valence-electron chi connectivity index (χ2n) is 5.35. The average molecular weight is 295 g/mol. The number of hydrogen-bond acceptors (Lipinski definition) is 0. The zero-order valence-corrected chi connectivity index (χ0v) is 12.4. The summed E-state index contributed by atoms with van der Waals surface area (Å²) in [6, 6.07) is 9.20. The molecule has 1 aliphatic rings. The number of aryl methyl sites for hydroxylation is 1. The molecule has 2 rings (SSSR count). The number of rotatable bonds is 5. The number of hydrogen-bond donors (Lipinski definition) is 0. The fraction of sp³-hybridized carbons (Fsp3) is 0.625. The molecule has 1 saturated carbocycles. The van der Waals surface area contributed by atoms with Crippen LogP contribution in [-0.4, -0.2) is 0 Å². The van der Waals surface area contributed by atoms with Gasteiger partial charge in [0.05, 0.1) is 0 Å². The van der Waals surface area contributed by atoms with Gasteiger partial charge in [0, 0.05) is 4.83 Å². The molecule has 0 N–H and O–H groups in total. The van der Waals surface area contributed by atoms with Crippen molar-refractivity contribution in [3.05, 3.63) is 35.4 Å². The van der Waals surface area contributed by atoms with Crippen molar-refractivity contribution < 1.29 is 0 Å². The van der Waals surface area contributed by atoms with Gasteiger partial charge >= 0.3 is 0 Å². The zero-order chi connectivity index (χ0) is 12.1. The van der Waals surface area contributed by atoms with E-state index < -0.39 is 0 Å². The van der Waals surface area contributed by atoms with Crippen LogP contribution >= 0.6 is 15.9 Å². The third-order valence-electron chi connectivity index (χ3n) is 3.90. The molecule has 94 valence electrons. The van der Waals surface area contributed by atoms with Crippen LogP contribution in [0.2, 0.25) is 0 Å². The average Bonchev–Trinajstić information content (AvgIpc) is 2.83. The van der Waals surface area contributed by atoms with Gasteiger partial charge in [0.2, 0.25) is 0 Å². The quantitative estimate of drug-likeness (QED) is 0.615. The fourth-order valence-electron chi connectivity index (χ4n) is 2.86. The van der Waals surface area contributed by atoms with Gasteiger partial charge in [-0.2, -0.15) is 0 Å². The molecule has 0 nitrogen and oxygen atoms in total. The highest BCUT2D eigenvalue weighted by Crippen LogP contribution is 2.37. The van der Waals surface area contributed by atoms with E-state index in [0.717, 1.165) is 5.92 Å². The molecular formula is C16H23Br. The van der Waals surface area contributed by atoms with E-state index in [0.29, 0.717) is 4.83 Å². The molecule has 0 radical (unpaired) electrons. The number of benzene rings is 1. The first-order chi connectivity index (χ1) is 8.29. The van der Waals surface area contributed by atoms with Gasteiger partial charge in [0.15, 0.2) is 0 Å². The van der Waals surface area contributed by atoms with Crippen LogP contribution in [0.1, 0.15) is 61.4 Å². The maximum atomic E-state index is 3.86. The molecule has 0 heterocycles. The first-order valence-electron chi connectivity index (χ1n) is 7.02. The van der Waals surface area contributed by atoms with Gasteiger partial charge in [0.1, 0.15) is 0 Å². The van der Waals surface area contributed by atoms with Crippen molar-refractivity contribution in [2.24, 2.45) is 5.92 Å².